The largest absolute Gasteiger partial charge is 0.460 e. The molecular formula is C18H28O8. The Bertz CT molecular complexity index is 582. The van der Waals surface area contributed by atoms with Crippen molar-refractivity contribution < 1.29 is 38.1 Å². The SMILES string of the molecule is CC(=O)O[C@@H]1[C@H]2OC(C)(C)O[C@H]2[C@H](CC(C)(C)OC(C)=O)[C@H]1OC(C)=O. The lowest BCUT2D eigenvalue weighted by molar-refractivity contribution is -0.202. The van der Waals surface area contributed by atoms with Gasteiger partial charge in [-0.1, -0.05) is 0 Å². The van der Waals surface area contributed by atoms with Crippen molar-refractivity contribution in [3.05, 3.63) is 0 Å². The van der Waals surface area contributed by atoms with Crippen LogP contribution in [-0.4, -0.2) is 53.7 Å². The second-order valence-corrected chi connectivity index (χ2v) is 7.93. The third kappa shape index (κ3) is 4.73. The quantitative estimate of drug-likeness (QED) is 0.532. The highest BCUT2D eigenvalue weighted by atomic mass is 16.8. The second-order valence-electron chi connectivity index (χ2n) is 7.93. The summed E-state index contributed by atoms with van der Waals surface area (Å²) in [6.07, 6.45) is -2.23. The van der Waals surface area contributed by atoms with E-state index in [1.165, 1.54) is 20.8 Å². The third-order valence-electron chi connectivity index (χ3n) is 4.41. The maximum atomic E-state index is 11.6. The van der Waals surface area contributed by atoms with Gasteiger partial charge in [0.15, 0.2) is 11.9 Å². The average molecular weight is 372 g/mol. The molecule has 5 atom stereocenters. The predicted octanol–water partition coefficient (Wildman–Crippen LogP) is 1.73. The molecule has 2 rings (SSSR count). The van der Waals surface area contributed by atoms with Gasteiger partial charge in [-0.25, -0.2) is 0 Å². The molecule has 26 heavy (non-hydrogen) atoms. The molecule has 1 heterocycles. The van der Waals surface area contributed by atoms with Crippen molar-refractivity contribution in [3.63, 3.8) is 0 Å². The van der Waals surface area contributed by atoms with Crippen LogP contribution in [0.15, 0.2) is 0 Å². The van der Waals surface area contributed by atoms with Crippen molar-refractivity contribution in [1.29, 1.82) is 0 Å². The standard InChI is InChI=1S/C18H28O8/c1-9(19)22-13-12(8-17(4,5)24-11(3)21)14-16(15(13)23-10(2)20)26-18(6,7)25-14/h12-16H,8H2,1-7H3/t12-,13-,14+,15+,16+/m1/s1. The Morgan fingerprint density at radius 3 is 1.88 bits per heavy atom. The molecule has 1 saturated heterocycles. The first kappa shape index (κ1) is 20.6. The number of hydrogen-bond acceptors (Lipinski definition) is 8. The van der Waals surface area contributed by atoms with E-state index in [9.17, 15) is 14.4 Å². The molecule has 0 radical (unpaired) electrons. The molecule has 1 aliphatic carbocycles. The summed E-state index contributed by atoms with van der Waals surface area (Å²) in [6.45, 7) is 11.0. The summed E-state index contributed by atoms with van der Waals surface area (Å²) in [5, 5.41) is 0. The summed E-state index contributed by atoms with van der Waals surface area (Å²) in [7, 11) is 0. The van der Waals surface area contributed by atoms with Gasteiger partial charge >= 0.3 is 17.9 Å². The fourth-order valence-corrected chi connectivity index (χ4v) is 3.92. The molecule has 0 aromatic carbocycles. The summed E-state index contributed by atoms with van der Waals surface area (Å²) in [5.41, 5.74) is -0.819. The van der Waals surface area contributed by atoms with E-state index in [0.717, 1.165) is 0 Å². The Kier molecular flexibility index (Phi) is 5.68. The third-order valence-corrected chi connectivity index (χ3v) is 4.41. The highest BCUT2D eigenvalue weighted by Gasteiger charge is 2.62. The minimum absolute atomic E-state index is 0.350. The van der Waals surface area contributed by atoms with Crippen LogP contribution in [0.25, 0.3) is 0 Å². The lowest BCUT2D eigenvalue weighted by atomic mass is 9.89. The number of hydrogen-bond donors (Lipinski definition) is 0. The van der Waals surface area contributed by atoms with Crippen molar-refractivity contribution in [3.8, 4) is 0 Å². The van der Waals surface area contributed by atoms with Gasteiger partial charge in [-0.15, -0.1) is 0 Å². The van der Waals surface area contributed by atoms with E-state index in [4.69, 9.17) is 23.7 Å². The van der Waals surface area contributed by atoms with E-state index < -0.39 is 53.7 Å². The first-order valence-electron chi connectivity index (χ1n) is 8.71. The predicted molar refractivity (Wildman–Crippen MR) is 88.9 cm³/mol. The highest BCUT2D eigenvalue weighted by Crippen LogP contribution is 2.47. The molecule has 0 bridgehead atoms. The van der Waals surface area contributed by atoms with Crippen LogP contribution in [0.3, 0.4) is 0 Å². The second kappa shape index (κ2) is 7.15. The van der Waals surface area contributed by atoms with Crippen LogP contribution in [-0.2, 0) is 38.1 Å². The lowest BCUT2D eigenvalue weighted by Crippen LogP contribution is -2.43. The summed E-state index contributed by atoms with van der Waals surface area (Å²) in [6, 6.07) is 0. The van der Waals surface area contributed by atoms with E-state index in [-0.39, 0.29) is 5.92 Å². The molecule has 148 valence electrons. The van der Waals surface area contributed by atoms with Crippen LogP contribution in [0, 0.1) is 5.92 Å². The summed E-state index contributed by atoms with van der Waals surface area (Å²) in [5.74, 6) is -2.64. The van der Waals surface area contributed by atoms with E-state index in [0.29, 0.717) is 6.42 Å². The normalized spacial score (nSPS) is 32.7. The molecule has 0 amide bonds. The molecular weight excluding hydrogens is 344 g/mol. The number of fused-ring (bicyclic) bond motifs is 1. The number of esters is 3. The van der Waals surface area contributed by atoms with E-state index >= 15 is 0 Å². The lowest BCUT2D eigenvalue weighted by Gasteiger charge is -2.34. The van der Waals surface area contributed by atoms with Crippen molar-refractivity contribution >= 4 is 17.9 Å². The minimum Gasteiger partial charge on any atom is -0.460 e. The van der Waals surface area contributed by atoms with Crippen LogP contribution in [0.5, 0.6) is 0 Å². The van der Waals surface area contributed by atoms with Gasteiger partial charge in [0.2, 0.25) is 0 Å². The van der Waals surface area contributed by atoms with Gasteiger partial charge in [-0.3, -0.25) is 14.4 Å². The highest BCUT2D eigenvalue weighted by molar-refractivity contribution is 5.68. The molecule has 0 N–H and O–H groups in total. The fraction of sp³-hybridized carbons (Fsp3) is 0.833. The maximum absolute atomic E-state index is 11.6. The van der Waals surface area contributed by atoms with Crippen molar-refractivity contribution in [1.82, 2.24) is 0 Å². The summed E-state index contributed by atoms with van der Waals surface area (Å²) >= 11 is 0. The Labute approximate surface area is 153 Å². The van der Waals surface area contributed by atoms with Gasteiger partial charge in [0.25, 0.3) is 0 Å². The van der Waals surface area contributed by atoms with Crippen LogP contribution >= 0.6 is 0 Å². The average Bonchev–Trinajstić information content (AvgIpc) is 2.83. The van der Waals surface area contributed by atoms with E-state index in [1.807, 2.05) is 0 Å². The van der Waals surface area contributed by atoms with Gasteiger partial charge in [-0.2, -0.15) is 0 Å². The van der Waals surface area contributed by atoms with Crippen LogP contribution < -0.4 is 0 Å². The summed E-state index contributed by atoms with van der Waals surface area (Å²) < 4.78 is 28.2. The van der Waals surface area contributed by atoms with Crippen LogP contribution in [0.4, 0.5) is 0 Å². The molecule has 2 fully saturated rings. The molecule has 1 aliphatic heterocycles. The van der Waals surface area contributed by atoms with Gasteiger partial charge in [-0.05, 0) is 34.1 Å². The smallest absolute Gasteiger partial charge is 0.303 e. The Morgan fingerprint density at radius 2 is 1.38 bits per heavy atom. The molecule has 8 nitrogen and oxygen atoms in total. The number of carbonyl (C=O) groups is 3. The van der Waals surface area contributed by atoms with E-state index in [2.05, 4.69) is 0 Å². The van der Waals surface area contributed by atoms with Gasteiger partial charge in [0.05, 0.1) is 6.10 Å². The zero-order chi connectivity index (χ0) is 19.9. The molecule has 2 aliphatic rings. The fourth-order valence-electron chi connectivity index (χ4n) is 3.92. The number of rotatable bonds is 5. The molecule has 0 aromatic rings. The maximum Gasteiger partial charge on any atom is 0.303 e. The van der Waals surface area contributed by atoms with Gasteiger partial charge in [0.1, 0.15) is 17.8 Å². The summed E-state index contributed by atoms with van der Waals surface area (Å²) in [4.78, 5) is 34.6. The van der Waals surface area contributed by atoms with Gasteiger partial charge in [0, 0.05) is 26.7 Å². The minimum atomic E-state index is -0.862. The van der Waals surface area contributed by atoms with Crippen molar-refractivity contribution in [2.45, 2.75) is 90.7 Å². The monoisotopic (exact) mass is 372 g/mol. The number of carbonyl (C=O) groups excluding carboxylic acids is 3. The zero-order valence-electron chi connectivity index (χ0n) is 16.4. The molecule has 0 spiro atoms. The molecule has 8 heteroatoms. The first-order valence-corrected chi connectivity index (χ1v) is 8.71. The van der Waals surface area contributed by atoms with Crippen LogP contribution in [0.1, 0.15) is 54.9 Å². The Morgan fingerprint density at radius 1 is 0.885 bits per heavy atom. The topological polar surface area (TPSA) is 97.4 Å². The Balaban J connectivity index is 2.34. The first-order chi connectivity index (χ1) is 11.8. The van der Waals surface area contributed by atoms with Gasteiger partial charge < -0.3 is 23.7 Å². The van der Waals surface area contributed by atoms with Crippen molar-refractivity contribution in [2.24, 2.45) is 5.92 Å². The number of ether oxygens (including phenoxy) is 5. The molecule has 1 saturated carbocycles. The van der Waals surface area contributed by atoms with Crippen molar-refractivity contribution in [2.75, 3.05) is 0 Å². The molecule has 0 unspecified atom stereocenters. The zero-order valence-corrected chi connectivity index (χ0v) is 16.4. The van der Waals surface area contributed by atoms with E-state index in [1.54, 1.807) is 27.7 Å². The van der Waals surface area contributed by atoms with Crippen LogP contribution in [0.2, 0.25) is 0 Å². The molecule has 0 aromatic heterocycles. The Hall–Kier alpha value is -1.67.